The summed E-state index contributed by atoms with van der Waals surface area (Å²) < 4.78 is 13.1. The number of anilines is 2. The minimum absolute atomic E-state index is 0.327. The van der Waals surface area contributed by atoms with Crippen molar-refractivity contribution in [3.8, 4) is 17.0 Å². The Hall–Kier alpha value is -3.93. The van der Waals surface area contributed by atoms with Gasteiger partial charge in [-0.2, -0.15) is 0 Å². The SMILES string of the molecule is CCOC(=O)Nc1ccc(-c2c(N)c3cc(OCc4ccccc4)ccc3n2CC)cc1. The number of ether oxygens (including phenoxy) is 2. The lowest BCUT2D eigenvalue weighted by atomic mass is 10.1. The largest absolute Gasteiger partial charge is 0.489 e. The molecule has 0 aliphatic rings. The predicted molar refractivity (Wildman–Crippen MR) is 129 cm³/mol. The predicted octanol–water partition coefficient (Wildman–Crippen LogP) is 6.06. The van der Waals surface area contributed by atoms with Crippen molar-refractivity contribution in [1.29, 1.82) is 0 Å². The molecule has 1 heterocycles. The van der Waals surface area contributed by atoms with Gasteiger partial charge in [0, 0.05) is 23.2 Å². The first-order chi connectivity index (χ1) is 15.6. The molecule has 3 aromatic carbocycles. The summed E-state index contributed by atoms with van der Waals surface area (Å²) in [4.78, 5) is 11.6. The molecular weight excluding hydrogens is 402 g/mol. The second-order valence-electron chi connectivity index (χ2n) is 7.38. The maximum absolute atomic E-state index is 11.6. The van der Waals surface area contributed by atoms with Gasteiger partial charge in [-0.05, 0) is 49.7 Å². The molecule has 1 aromatic heterocycles. The van der Waals surface area contributed by atoms with Crippen LogP contribution in [0.4, 0.5) is 16.2 Å². The number of nitrogen functional groups attached to an aromatic ring is 1. The normalized spacial score (nSPS) is 10.8. The first-order valence-corrected chi connectivity index (χ1v) is 10.7. The van der Waals surface area contributed by atoms with Gasteiger partial charge < -0.3 is 19.8 Å². The van der Waals surface area contributed by atoms with Crippen molar-refractivity contribution in [3.05, 3.63) is 78.4 Å². The van der Waals surface area contributed by atoms with Crippen LogP contribution >= 0.6 is 0 Å². The molecule has 6 nitrogen and oxygen atoms in total. The summed E-state index contributed by atoms with van der Waals surface area (Å²) in [5, 5.41) is 3.67. The van der Waals surface area contributed by atoms with Gasteiger partial charge in [0.15, 0.2) is 0 Å². The van der Waals surface area contributed by atoms with Gasteiger partial charge in [0.25, 0.3) is 0 Å². The average molecular weight is 430 g/mol. The Balaban J connectivity index is 1.63. The molecule has 0 aliphatic carbocycles. The van der Waals surface area contributed by atoms with Crippen LogP contribution in [-0.4, -0.2) is 17.3 Å². The summed E-state index contributed by atoms with van der Waals surface area (Å²) in [6.07, 6.45) is -0.467. The number of nitrogens with zero attached hydrogens (tertiary/aromatic N) is 1. The lowest BCUT2D eigenvalue weighted by Crippen LogP contribution is -2.13. The summed E-state index contributed by atoms with van der Waals surface area (Å²) in [7, 11) is 0. The third kappa shape index (κ3) is 4.39. The van der Waals surface area contributed by atoms with Gasteiger partial charge in [-0.3, -0.25) is 5.32 Å². The molecule has 0 unspecified atom stereocenters. The van der Waals surface area contributed by atoms with E-state index in [1.807, 2.05) is 66.7 Å². The van der Waals surface area contributed by atoms with E-state index in [4.69, 9.17) is 15.2 Å². The molecular formula is C26H27N3O3. The third-order valence-corrected chi connectivity index (χ3v) is 5.32. The zero-order valence-electron chi connectivity index (χ0n) is 18.3. The number of hydrogen-bond donors (Lipinski definition) is 2. The second-order valence-corrected chi connectivity index (χ2v) is 7.38. The monoisotopic (exact) mass is 429 g/mol. The first kappa shape index (κ1) is 21.3. The highest BCUT2D eigenvalue weighted by molar-refractivity contribution is 6.01. The van der Waals surface area contributed by atoms with Crippen LogP contribution in [0, 0.1) is 0 Å². The summed E-state index contributed by atoms with van der Waals surface area (Å²) in [5.41, 5.74) is 12.1. The number of rotatable bonds is 7. The van der Waals surface area contributed by atoms with Crippen LogP contribution in [-0.2, 0) is 17.9 Å². The highest BCUT2D eigenvalue weighted by Gasteiger charge is 2.17. The number of hydrogen-bond acceptors (Lipinski definition) is 4. The van der Waals surface area contributed by atoms with Crippen molar-refractivity contribution in [2.45, 2.75) is 27.0 Å². The Kier molecular flexibility index (Phi) is 6.31. The van der Waals surface area contributed by atoms with Crippen molar-refractivity contribution in [2.24, 2.45) is 0 Å². The van der Waals surface area contributed by atoms with E-state index in [-0.39, 0.29) is 0 Å². The quantitative estimate of drug-likeness (QED) is 0.374. The number of nitrogens with two attached hydrogens (primary N) is 1. The molecule has 1 amide bonds. The van der Waals surface area contributed by atoms with Gasteiger partial charge in [0.1, 0.15) is 12.4 Å². The zero-order chi connectivity index (χ0) is 22.5. The molecule has 4 rings (SSSR count). The van der Waals surface area contributed by atoms with Crippen LogP contribution in [0.1, 0.15) is 19.4 Å². The molecule has 0 bridgehead atoms. The van der Waals surface area contributed by atoms with Gasteiger partial charge in [-0.1, -0.05) is 42.5 Å². The smallest absolute Gasteiger partial charge is 0.411 e. The van der Waals surface area contributed by atoms with Crippen LogP contribution in [0.5, 0.6) is 5.75 Å². The van der Waals surface area contributed by atoms with Crippen molar-refractivity contribution in [3.63, 3.8) is 0 Å². The number of carbonyl (C=O) groups is 1. The van der Waals surface area contributed by atoms with E-state index in [0.717, 1.165) is 40.0 Å². The maximum atomic E-state index is 11.6. The molecule has 0 saturated heterocycles. The summed E-state index contributed by atoms with van der Waals surface area (Å²) in [6.45, 7) is 5.47. The average Bonchev–Trinajstić information content (AvgIpc) is 3.10. The third-order valence-electron chi connectivity index (χ3n) is 5.32. The van der Waals surface area contributed by atoms with E-state index in [1.165, 1.54) is 0 Å². The van der Waals surface area contributed by atoms with Crippen LogP contribution < -0.4 is 15.8 Å². The Morgan fingerprint density at radius 1 is 1.00 bits per heavy atom. The van der Waals surface area contributed by atoms with Gasteiger partial charge in [-0.25, -0.2) is 4.79 Å². The number of aryl methyl sites for hydroxylation is 1. The Morgan fingerprint density at radius 2 is 1.75 bits per heavy atom. The molecule has 4 aromatic rings. The molecule has 3 N–H and O–H groups in total. The zero-order valence-corrected chi connectivity index (χ0v) is 18.3. The topological polar surface area (TPSA) is 78.5 Å². The molecule has 6 heteroatoms. The lowest BCUT2D eigenvalue weighted by Gasteiger charge is -2.10. The number of nitrogens with one attached hydrogen (secondary N) is 1. The molecule has 164 valence electrons. The summed E-state index contributed by atoms with van der Waals surface area (Å²) >= 11 is 0. The molecule has 0 spiro atoms. The first-order valence-electron chi connectivity index (χ1n) is 10.7. The van der Waals surface area contributed by atoms with Crippen LogP contribution in [0.25, 0.3) is 22.2 Å². The molecule has 0 radical (unpaired) electrons. The fourth-order valence-electron chi connectivity index (χ4n) is 3.83. The molecule has 32 heavy (non-hydrogen) atoms. The molecule has 0 atom stereocenters. The Bertz CT molecular complexity index is 1210. The minimum atomic E-state index is -0.467. The van der Waals surface area contributed by atoms with Crippen molar-refractivity contribution in [2.75, 3.05) is 17.7 Å². The number of benzene rings is 3. The number of fused-ring (bicyclic) bond motifs is 1. The lowest BCUT2D eigenvalue weighted by molar-refractivity contribution is 0.168. The van der Waals surface area contributed by atoms with Crippen LogP contribution in [0.15, 0.2) is 72.8 Å². The fourth-order valence-corrected chi connectivity index (χ4v) is 3.83. The standard InChI is InChI=1S/C26H27N3O3/c1-3-29-23-15-14-21(32-17-18-8-6-5-7-9-18)16-22(23)24(27)25(29)19-10-12-20(13-11-19)28-26(30)31-4-2/h5-16H,3-4,17,27H2,1-2H3,(H,28,30). The molecule has 0 aliphatic heterocycles. The highest BCUT2D eigenvalue weighted by Crippen LogP contribution is 2.38. The fraction of sp³-hybridized carbons (Fsp3) is 0.192. The molecule has 0 fully saturated rings. The van der Waals surface area contributed by atoms with E-state index < -0.39 is 6.09 Å². The van der Waals surface area contributed by atoms with Crippen molar-refractivity contribution >= 4 is 28.4 Å². The maximum Gasteiger partial charge on any atom is 0.411 e. The highest BCUT2D eigenvalue weighted by atomic mass is 16.5. The van der Waals surface area contributed by atoms with E-state index in [2.05, 4.69) is 22.9 Å². The van der Waals surface area contributed by atoms with Crippen molar-refractivity contribution in [1.82, 2.24) is 4.57 Å². The van der Waals surface area contributed by atoms with Gasteiger partial charge in [0.05, 0.1) is 23.5 Å². The van der Waals surface area contributed by atoms with E-state index in [0.29, 0.717) is 24.6 Å². The van der Waals surface area contributed by atoms with Crippen LogP contribution in [0.2, 0.25) is 0 Å². The van der Waals surface area contributed by atoms with Gasteiger partial charge >= 0.3 is 6.09 Å². The number of carbonyl (C=O) groups excluding carboxylic acids is 1. The minimum Gasteiger partial charge on any atom is -0.489 e. The summed E-state index contributed by atoms with van der Waals surface area (Å²) in [5.74, 6) is 0.779. The second kappa shape index (κ2) is 9.47. The Morgan fingerprint density at radius 3 is 2.44 bits per heavy atom. The van der Waals surface area contributed by atoms with E-state index in [1.54, 1.807) is 6.92 Å². The van der Waals surface area contributed by atoms with Gasteiger partial charge in [0.2, 0.25) is 0 Å². The number of amides is 1. The van der Waals surface area contributed by atoms with E-state index >= 15 is 0 Å². The number of aromatic nitrogens is 1. The van der Waals surface area contributed by atoms with Crippen LogP contribution in [0.3, 0.4) is 0 Å². The van der Waals surface area contributed by atoms with E-state index in [9.17, 15) is 4.79 Å². The summed E-state index contributed by atoms with van der Waals surface area (Å²) in [6, 6.07) is 23.7. The van der Waals surface area contributed by atoms with Crippen molar-refractivity contribution < 1.29 is 14.3 Å². The Labute approximate surface area is 187 Å². The van der Waals surface area contributed by atoms with Gasteiger partial charge in [-0.15, -0.1) is 0 Å². The molecule has 0 saturated carbocycles.